The van der Waals surface area contributed by atoms with Crippen molar-refractivity contribution in [2.75, 3.05) is 6.79 Å². The van der Waals surface area contributed by atoms with Gasteiger partial charge in [0.15, 0.2) is 11.5 Å². The maximum Gasteiger partial charge on any atom is 0.285 e. The number of sulfonamides is 1. The molecule has 0 bridgehead atoms. The third-order valence-electron chi connectivity index (χ3n) is 3.80. The summed E-state index contributed by atoms with van der Waals surface area (Å²) in [5.74, 6) is 1.31. The van der Waals surface area contributed by atoms with Crippen molar-refractivity contribution in [1.29, 1.82) is 0 Å². The fourth-order valence-electron chi connectivity index (χ4n) is 2.60. The van der Waals surface area contributed by atoms with Crippen LogP contribution < -0.4 is 14.3 Å². The molecule has 0 radical (unpaired) electrons. The number of benzene rings is 2. The van der Waals surface area contributed by atoms with Gasteiger partial charge in [0.2, 0.25) is 11.6 Å². The van der Waals surface area contributed by atoms with Crippen LogP contribution >= 0.6 is 22.9 Å². The highest BCUT2D eigenvalue weighted by molar-refractivity contribution is 7.90. The number of halogens is 1. The van der Waals surface area contributed by atoms with Gasteiger partial charge in [-0.05, 0) is 31.2 Å². The van der Waals surface area contributed by atoms with Crippen molar-refractivity contribution in [2.45, 2.75) is 18.4 Å². The minimum absolute atomic E-state index is 0.103. The largest absolute Gasteiger partial charge is 0.454 e. The van der Waals surface area contributed by atoms with Crippen LogP contribution in [-0.2, 0) is 16.6 Å². The van der Waals surface area contributed by atoms with Gasteiger partial charge in [-0.15, -0.1) is 4.40 Å². The van der Waals surface area contributed by atoms with E-state index in [1.807, 2.05) is 23.6 Å². The quantitative estimate of drug-likeness (QED) is 0.680. The number of ether oxygens (including phenoxy) is 2. The molecular weight excluding hydrogens is 384 g/mol. The van der Waals surface area contributed by atoms with Gasteiger partial charge in [-0.2, -0.15) is 8.42 Å². The minimum atomic E-state index is -3.83. The summed E-state index contributed by atoms with van der Waals surface area (Å²) in [6.07, 6.45) is 0. The van der Waals surface area contributed by atoms with Gasteiger partial charge in [0.25, 0.3) is 10.0 Å². The molecular formula is C16H13ClN2O4S2. The van der Waals surface area contributed by atoms with Crippen molar-refractivity contribution in [3.05, 3.63) is 46.2 Å². The maximum absolute atomic E-state index is 12.6. The lowest BCUT2D eigenvalue weighted by Gasteiger charge is -2.02. The van der Waals surface area contributed by atoms with Crippen LogP contribution in [0.15, 0.2) is 45.7 Å². The van der Waals surface area contributed by atoms with E-state index in [4.69, 9.17) is 21.1 Å². The zero-order valence-electron chi connectivity index (χ0n) is 13.1. The lowest BCUT2D eigenvalue weighted by Crippen LogP contribution is -2.16. The van der Waals surface area contributed by atoms with Crippen molar-refractivity contribution >= 4 is 43.2 Å². The van der Waals surface area contributed by atoms with Gasteiger partial charge in [-0.25, -0.2) is 0 Å². The van der Waals surface area contributed by atoms with E-state index in [-0.39, 0.29) is 11.7 Å². The fourth-order valence-corrected chi connectivity index (χ4v) is 5.03. The van der Waals surface area contributed by atoms with Crippen LogP contribution in [-0.4, -0.2) is 19.8 Å². The Hall–Kier alpha value is -2.03. The van der Waals surface area contributed by atoms with Crippen LogP contribution in [0.25, 0.3) is 10.2 Å². The summed E-state index contributed by atoms with van der Waals surface area (Å²) in [6.45, 7) is 2.71. The van der Waals surface area contributed by atoms with Crippen molar-refractivity contribution in [3.8, 4) is 11.5 Å². The van der Waals surface area contributed by atoms with Crippen LogP contribution in [0.2, 0.25) is 5.02 Å². The molecule has 0 saturated carbocycles. The number of aromatic nitrogens is 1. The van der Waals surface area contributed by atoms with Gasteiger partial charge in [0.1, 0.15) is 0 Å². The number of thiazole rings is 1. The van der Waals surface area contributed by atoms with Gasteiger partial charge in [0, 0.05) is 23.7 Å². The summed E-state index contributed by atoms with van der Waals surface area (Å²) >= 11 is 7.12. The molecule has 0 atom stereocenters. The first-order valence-electron chi connectivity index (χ1n) is 7.47. The molecule has 1 aliphatic heterocycles. The second kappa shape index (κ2) is 6.05. The van der Waals surface area contributed by atoms with E-state index in [2.05, 4.69) is 4.40 Å². The third-order valence-corrected chi connectivity index (χ3v) is 6.49. The van der Waals surface area contributed by atoms with E-state index < -0.39 is 10.0 Å². The average molecular weight is 397 g/mol. The Labute approximate surface area is 153 Å². The van der Waals surface area contributed by atoms with Crippen molar-refractivity contribution in [3.63, 3.8) is 0 Å². The molecule has 25 heavy (non-hydrogen) atoms. The normalized spacial score (nSPS) is 14.4. The van der Waals surface area contributed by atoms with E-state index >= 15 is 0 Å². The molecule has 2 aromatic carbocycles. The number of rotatable bonds is 3. The lowest BCUT2D eigenvalue weighted by molar-refractivity contribution is 0.174. The number of hydrogen-bond donors (Lipinski definition) is 0. The predicted octanol–water partition coefficient (Wildman–Crippen LogP) is 3.39. The van der Waals surface area contributed by atoms with E-state index in [9.17, 15) is 8.42 Å². The zero-order chi connectivity index (χ0) is 17.6. The minimum Gasteiger partial charge on any atom is -0.454 e. The number of aryl methyl sites for hydroxylation is 1. The molecule has 0 saturated heterocycles. The summed E-state index contributed by atoms with van der Waals surface area (Å²) in [5.41, 5.74) is 0.863. The first-order chi connectivity index (χ1) is 12.0. The predicted molar refractivity (Wildman–Crippen MR) is 95.8 cm³/mol. The summed E-state index contributed by atoms with van der Waals surface area (Å²) in [4.78, 5) is 0.502. The van der Waals surface area contributed by atoms with Gasteiger partial charge in [0.05, 0.1) is 15.1 Å². The smallest absolute Gasteiger partial charge is 0.285 e. The van der Waals surface area contributed by atoms with Crippen molar-refractivity contribution in [1.82, 2.24) is 4.57 Å². The van der Waals surface area contributed by atoms with Crippen LogP contribution in [0.4, 0.5) is 0 Å². The standard InChI is InChI=1S/C16H13ClN2O4S2/c1-2-19-12-7-13-14(23-9-22-13)8-15(12)24-16(19)18-25(20,21)11-5-3-10(17)4-6-11/h3-8H,2,9H2,1H3. The van der Waals surface area contributed by atoms with E-state index in [0.29, 0.717) is 27.9 Å². The van der Waals surface area contributed by atoms with Crippen LogP contribution in [0.3, 0.4) is 0 Å². The monoisotopic (exact) mass is 396 g/mol. The fraction of sp³-hybridized carbons (Fsp3) is 0.188. The third kappa shape index (κ3) is 2.90. The molecule has 0 amide bonds. The van der Waals surface area contributed by atoms with E-state index in [0.717, 1.165) is 10.2 Å². The molecule has 0 unspecified atom stereocenters. The molecule has 0 aliphatic carbocycles. The van der Waals surface area contributed by atoms with Gasteiger partial charge < -0.3 is 14.0 Å². The topological polar surface area (TPSA) is 69.9 Å². The summed E-state index contributed by atoms with van der Waals surface area (Å²) < 4.78 is 42.7. The highest BCUT2D eigenvalue weighted by Crippen LogP contribution is 2.37. The Morgan fingerprint density at radius 3 is 2.56 bits per heavy atom. The van der Waals surface area contributed by atoms with Crippen molar-refractivity contribution < 1.29 is 17.9 Å². The zero-order valence-corrected chi connectivity index (χ0v) is 15.5. The Bertz CT molecular complexity index is 1130. The average Bonchev–Trinajstić information content (AvgIpc) is 3.15. The summed E-state index contributed by atoms with van der Waals surface area (Å²) in [7, 11) is -3.83. The number of nitrogens with zero attached hydrogens (tertiary/aromatic N) is 2. The van der Waals surface area contributed by atoms with Gasteiger partial charge in [-0.3, -0.25) is 0 Å². The van der Waals surface area contributed by atoms with E-state index in [1.165, 1.54) is 35.6 Å². The molecule has 0 fully saturated rings. The molecule has 1 aromatic heterocycles. The first kappa shape index (κ1) is 16.4. The van der Waals surface area contributed by atoms with Gasteiger partial charge in [-0.1, -0.05) is 22.9 Å². The molecule has 4 rings (SSSR count). The Balaban J connectivity index is 1.91. The van der Waals surface area contributed by atoms with Crippen LogP contribution in [0.1, 0.15) is 6.92 Å². The maximum atomic E-state index is 12.6. The Morgan fingerprint density at radius 2 is 1.88 bits per heavy atom. The van der Waals surface area contributed by atoms with Crippen LogP contribution in [0.5, 0.6) is 11.5 Å². The molecule has 0 spiro atoms. The highest BCUT2D eigenvalue weighted by atomic mass is 35.5. The SMILES string of the molecule is CCn1c(=NS(=O)(=O)c2ccc(Cl)cc2)sc2cc3c(cc21)OCO3. The second-order valence-corrected chi connectivity index (χ2v) is 8.37. The second-order valence-electron chi connectivity index (χ2n) is 5.32. The molecule has 2 heterocycles. The number of hydrogen-bond acceptors (Lipinski definition) is 5. The Kier molecular flexibility index (Phi) is 3.98. The Morgan fingerprint density at radius 1 is 1.20 bits per heavy atom. The van der Waals surface area contributed by atoms with Crippen molar-refractivity contribution in [2.24, 2.45) is 4.40 Å². The number of fused-ring (bicyclic) bond motifs is 2. The first-order valence-corrected chi connectivity index (χ1v) is 10.1. The molecule has 0 N–H and O–H groups in total. The summed E-state index contributed by atoms with van der Waals surface area (Å²) in [5, 5.41) is 0.471. The molecule has 1 aliphatic rings. The van der Waals surface area contributed by atoms with Crippen LogP contribution in [0, 0.1) is 0 Å². The molecule has 6 nitrogen and oxygen atoms in total. The summed E-state index contributed by atoms with van der Waals surface area (Å²) in [6, 6.07) is 9.65. The molecule has 130 valence electrons. The molecule has 3 aromatic rings. The molecule has 9 heteroatoms. The highest BCUT2D eigenvalue weighted by Gasteiger charge is 2.19. The lowest BCUT2D eigenvalue weighted by atomic mass is 10.3. The van der Waals surface area contributed by atoms with Gasteiger partial charge >= 0.3 is 0 Å². The van der Waals surface area contributed by atoms with E-state index in [1.54, 1.807) is 0 Å².